The van der Waals surface area contributed by atoms with Crippen LogP contribution in [0.1, 0.15) is 57.1 Å². The van der Waals surface area contributed by atoms with Crippen molar-refractivity contribution in [1.29, 1.82) is 0 Å². The first kappa shape index (κ1) is 24.3. The molecule has 7 heteroatoms. The predicted molar refractivity (Wildman–Crippen MR) is 126 cm³/mol. The largest absolute Gasteiger partial charge is 0.480 e. The fraction of sp³-hybridized carbons (Fsp3) is 0.423. The van der Waals surface area contributed by atoms with Crippen LogP contribution in [0, 0.1) is 0 Å². The second-order valence-corrected chi connectivity index (χ2v) is 8.93. The van der Waals surface area contributed by atoms with Gasteiger partial charge in [0.1, 0.15) is 18.2 Å². The van der Waals surface area contributed by atoms with E-state index in [0.29, 0.717) is 12.8 Å². The molecule has 0 radical (unpaired) electrons. The van der Waals surface area contributed by atoms with E-state index in [2.05, 4.69) is 17.4 Å². The van der Waals surface area contributed by atoms with E-state index in [4.69, 9.17) is 4.74 Å². The van der Waals surface area contributed by atoms with Crippen molar-refractivity contribution in [2.24, 2.45) is 0 Å². The highest BCUT2D eigenvalue weighted by molar-refractivity contribution is 5.90. The number of nitrogens with zero attached hydrogens (tertiary/aromatic N) is 1. The van der Waals surface area contributed by atoms with E-state index < -0.39 is 29.6 Å². The number of fused-ring (bicyclic) bond motifs is 3. The summed E-state index contributed by atoms with van der Waals surface area (Å²) in [6.07, 6.45) is 1.26. The SMILES string of the molecule is CCCC[C@H](NC(=O)OCC1c2ccccc2-c2ccccc21)C(=O)N(C)C(C)(C)C(=O)O. The second kappa shape index (κ2) is 10.1. The first-order valence-electron chi connectivity index (χ1n) is 11.3. The van der Waals surface area contributed by atoms with Crippen LogP contribution < -0.4 is 5.32 Å². The van der Waals surface area contributed by atoms with E-state index in [1.165, 1.54) is 25.8 Å². The smallest absolute Gasteiger partial charge is 0.407 e. The first-order valence-corrected chi connectivity index (χ1v) is 11.3. The molecule has 2 N–H and O–H groups in total. The number of carboxylic acids is 1. The quantitative estimate of drug-likeness (QED) is 0.588. The maximum Gasteiger partial charge on any atom is 0.407 e. The number of alkyl carbamates (subject to hydrolysis) is 1. The molecule has 7 nitrogen and oxygen atoms in total. The van der Waals surface area contributed by atoms with Gasteiger partial charge in [0, 0.05) is 13.0 Å². The topological polar surface area (TPSA) is 95.9 Å². The lowest BCUT2D eigenvalue weighted by molar-refractivity contribution is -0.156. The van der Waals surface area contributed by atoms with Crippen LogP contribution in [-0.2, 0) is 14.3 Å². The van der Waals surface area contributed by atoms with E-state index in [9.17, 15) is 19.5 Å². The van der Waals surface area contributed by atoms with E-state index in [0.717, 1.165) is 28.7 Å². The molecule has 2 amide bonds. The molecule has 176 valence electrons. The standard InChI is InChI=1S/C26H32N2O5/c1-5-6-15-22(23(29)28(4)26(2,3)24(30)31)27-25(32)33-16-21-19-13-9-7-11-17(19)18-12-8-10-14-20(18)21/h7-14,21-22H,5-6,15-16H2,1-4H3,(H,27,32)(H,30,31)/t22-/m0/s1. The van der Waals surface area contributed by atoms with Crippen LogP contribution >= 0.6 is 0 Å². The van der Waals surface area contributed by atoms with Crippen molar-refractivity contribution in [1.82, 2.24) is 10.2 Å². The highest BCUT2D eigenvalue weighted by Crippen LogP contribution is 2.44. The number of amides is 2. The zero-order valence-electron chi connectivity index (χ0n) is 19.6. The number of carbonyl (C=O) groups excluding carboxylic acids is 2. The van der Waals surface area contributed by atoms with Gasteiger partial charge in [-0.05, 0) is 42.5 Å². The lowest BCUT2D eigenvalue weighted by atomic mass is 9.98. The molecule has 0 aliphatic heterocycles. The predicted octanol–water partition coefficient (Wildman–Crippen LogP) is 4.41. The molecule has 0 spiro atoms. The highest BCUT2D eigenvalue weighted by atomic mass is 16.5. The van der Waals surface area contributed by atoms with Crippen molar-refractivity contribution < 1.29 is 24.2 Å². The van der Waals surface area contributed by atoms with Gasteiger partial charge in [0.2, 0.25) is 5.91 Å². The Kier molecular flexibility index (Phi) is 7.41. The van der Waals surface area contributed by atoms with Crippen LogP contribution in [0.4, 0.5) is 4.79 Å². The van der Waals surface area contributed by atoms with Gasteiger partial charge in [-0.2, -0.15) is 0 Å². The Labute approximate surface area is 194 Å². The van der Waals surface area contributed by atoms with Gasteiger partial charge in [-0.25, -0.2) is 9.59 Å². The minimum Gasteiger partial charge on any atom is -0.480 e. The van der Waals surface area contributed by atoms with Gasteiger partial charge in [0.05, 0.1) is 0 Å². The van der Waals surface area contributed by atoms with Gasteiger partial charge in [-0.1, -0.05) is 68.3 Å². The second-order valence-electron chi connectivity index (χ2n) is 8.93. The van der Waals surface area contributed by atoms with E-state index in [1.807, 2.05) is 43.3 Å². The monoisotopic (exact) mass is 452 g/mol. The zero-order chi connectivity index (χ0) is 24.2. The molecule has 0 fully saturated rings. The van der Waals surface area contributed by atoms with Gasteiger partial charge in [0.25, 0.3) is 0 Å². The summed E-state index contributed by atoms with van der Waals surface area (Å²) >= 11 is 0. The van der Waals surface area contributed by atoms with Crippen LogP contribution in [0.25, 0.3) is 11.1 Å². The Morgan fingerprint density at radius 3 is 2.12 bits per heavy atom. The average molecular weight is 453 g/mol. The zero-order valence-corrected chi connectivity index (χ0v) is 19.6. The Morgan fingerprint density at radius 1 is 1.06 bits per heavy atom. The molecule has 0 bridgehead atoms. The highest BCUT2D eigenvalue weighted by Gasteiger charge is 2.38. The molecule has 3 rings (SSSR count). The van der Waals surface area contributed by atoms with E-state index in [-0.39, 0.29) is 12.5 Å². The van der Waals surface area contributed by atoms with Crippen LogP contribution in [0.5, 0.6) is 0 Å². The molecule has 2 aromatic rings. The molecule has 0 heterocycles. The molecule has 0 aromatic heterocycles. The number of benzene rings is 2. The number of carbonyl (C=O) groups is 3. The molecule has 33 heavy (non-hydrogen) atoms. The third-order valence-corrected chi connectivity index (χ3v) is 6.47. The normalized spacial score (nSPS) is 13.6. The first-order chi connectivity index (χ1) is 15.7. The minimum atomic E-state index is -1.40. The lowest BCUT2D eigenvalue weighted by Gasteiger charge is -2.34. The third kappa shape index (κ3) is 5.02. The van der Waals surface area contributed by atoms with Crippen molar-refractivity contribution in [3.05, 3.63) is 59.7 Å². The van der Waals surface area contributed by atoms with Crippen molar-refractivity contribution >= 4 is 18.0 Å². The van der Waals surface area contributed by atoms with Gasteiger partial charge in [-0.15, -0.1) is 0 Å². The number of rotatable bonds is 9. The molecule has 1 atom stereocenters. The molecular weight excluding hydrogens is 420 g/mol. The average Bonchev–Trinajstić information content (AvgIpc) is 3.13. The van der Waals surface area contributed by atoms with Crippen molar-refractivity contribution in [2.45, 2.75) is 57.5 Å². The molecule has 2 aromatic carbocycles. The summed E-state index contributed by atoms with van der Waals surface area (Å²) in [5.41, 5.74) is 3.08. The molecule has 1 aliphatic carbocycles. The Morgan fingerprint density at radius 2 is 1.61 bits per heavy atom. The van der Waals surface area contributed by atoms with Crippen molar-refractivity contribution in [3.8, 4) is 11.1 Å². The van der Waals surface area contributed by atoms with E-state index in [1.54, 1.807) is 0 Å². The van der Waals surface area contributed by atoms with Crippen molar-refractivity contribution in [2.75, 3.05) is 13.7 Å². The maximum atomic E-state index is 13.0. The molecule has 0 saturated carbocycles. The summed E-state index contributed by atoms with van der Waals surface area (Å²) < 4.78 is 5.58. The Bertz CT molecular complexity index is 987. The van der Waals surface area contributed by atoms with Crippen LogP contribution in [0.3, 0.4) is 0 Å². The van der Waals surface area contributed by atoms with Gasteiger partial charge < -0.3 is 20.1 Å². The van der Waals surface area contributed by atoms with Gasteiger partial charge >= 0.3 is 12.1 Å². The molecule has 0 unspecified atom stereocenters. The number of carboxylic acid groups (broad SMARTS) is 1. The third-order valence-electron chi connectivity index (χ3n) is 6.47. The van der Waals surface area contributed by atoms with Crippen LogP contribution in [0.15, 0.2) is 48.5 Å². The fourth-order valence-electron chi connectivity index (χ4n) is 4.10. The minimum absolute atomic E-state index is 0.0819. The summed E-state index contributed by atoms with van der Waals surface area (Å²) in [5, 5.41) is 12.1. The lowest BCUT2D eigenvalue weighted by Crippen LogP contribution is -2.57. The molecule has 1 aliphatic rings. The number of aliphatic carboxylic acids is 1. The molecular formula is C26H32N2O5. The number of nitrogens with one attached hydrogen (secondary N) is 1. The number of hydrogen-bond acceptors (Lipinski definition) is 4. The van der Waals surface area contributed by atoms with Crippen LogP contribution in [0.2, 0.25) is 0 Å². The molecule has 0 saturated heterocycles. The van der Waals surface area contributed by atoms with E-state index >= 15 is 0 Å². The van der Waals surface area contributed by atoms with Crippen molar-refractivity contribution in [3.63, 3.8) is 0 Å². The Hall–Kier alpha value is -3.35. The Balaban J connectivity index is 1.70. The fourth-order valence-corrected chi connectivity index (χ4v) is 4.10. The van der Waals surface area contributed by atoms with Gasteiger partial charge in [0.15, 0.2) is 0 Å². The summed E-state index contributed by atoms with van der Waals surface area (Å²) in [6, 6.07) is 15.3. The number of likely N-dealkylation sites (N-methyl/N-ethyl adjacent to an activating group) is 1. The van der Waals surface area contributed by atoms with Crippen LogP contribution in [-0.4, -0.2) is 53.2 Å². The van der Waals surface area contributed by atoms with Gasteiger partial charge in [-0.3, -0.25) is 4.79 Å². The number of ether oxygens (including phenoxy) is 1. The summed E-state index contributed by atoms with van der Waals surface area (Å²) in [4.78, 5) is 38.4. The summed E-state index contributed by atoms with van der Waals surface area (Å²) in [6.45, 7) is 5.04. The summed E-state index contributed by atoms with van der Waals surface area (Å²) in [5.74, 6) is -1.65. The maximum absolute atomic E-state index is 13.0. The number of unbranched alkanes of at least 4 members (excludes halogenated alkanes) is 1. The summed E-state index contributed by atoms with van der Waals surface area (Å²) in [7, 11) is 1.44. The number of hydrogen-bond donors (Lipinski definition) is 2.